The lowest BCUT2D eigenvalue weighted by molar-refractivity contribution is 0.0608. The highest BCUT2D eigenvalue weighted by Gasteiger charge is 2.28. The lowest BCUT2D eigenvalue weighted by Gasteiger charge is -2.35. The minimum absolute atomic E-state index is 0.0355. The van der Waals surface area contributed by atoms with Crippen LogP contribution in [-0.4, -0.2) is 33.5 Å². The van der Waals surface area contributed by atoms with Crippen LogP contribution in [0, 0.1) is 0 Å². The van der Waals surface area contributed by atoms with Crippen LogP contribution in [0.3, 0.4) is 0 Å². The molecule has 6 heteroatoms. The van der Waals surface area contributed by atoms with Gasteiger partial charge >= 0.3 is 0 Å². The second-order valence-electron chi connectivity index (χ2n) is 7.03. The van der Waals surface area contributed by atoms with Crippen molar-refractivity contribution < 1.29 is 9.32 Å². The van der Waals surface area contributed by atoms with Crippen molar-refractivity contribution in [2.24, 2.45) is 0 Å². The molecule has 0 aliphatic carbocycles. The van der Waals surface area contributed by atoms with Gasteiger partial charge in [-0.2, -0.15) is 4.98 Å². The molecular weight excluding hydrogens is 374 g/mol. The highest BCUT2D eigenvalue weighted by molar-refractivity contribution is 6.30. The molecule has 1 aliphatic rings. The average Bonchev–Trinajstić information content (AvgIpc) is 3.24. The molecule has 1 aliphatic heterocycles. The average molecular weight is 396 g/mol. The number of aromatic nitrogens is 2. The minimum Gasteiger partial charge on any atom is -0.336 e. The lowest BCUT2D eigenvalue weighted by atomic mass is 9.97. The largest absolute Gasteiger partial charge is 0.336 e. The Labute approximate surface area is 169 Å². The summed E-state index contributed by atoms with van der Waals surface area (Å²) in [5.74, 6) is 0.852. The van der Waals surface area contributed by atoms with Crippen LogP contribution < -0.4 is 0 Å². The monoisotopic (exact) mass is 395 g/mol. The first-order valence-corrected chi connectivity index (χ1v) is 10.0. The smallest absolute Gasteiger partial charge is 0.259 e. The molecule has 5 nitrogen and oxygen atoms in total. The van der Waals surface area contributed by atoms with Crippen LogP contribution in [0.25, 0.3) is 22.8 Å². The Morgan fingerprint density at radius 2 is 1.96 bits per heavy atom. The van der Waals surface area contributed by atoms with E-state index in [1.54, 1.807) is 12.1 Å². The van der Waals surface area contributed by atoms with Crippen LogP contribution in [-0.2, 0) is 0 Å². The van der Waals surface area contributed by atoms with Gasteiger partial charge in [-0.25, -0.2) is 0 Å². The fourth-order valence-electron chi connectivity index (χ4n) is 3.75. The van der Waals surface area contributed by atoms with Crippen molar-refractivity contribution in [3.63, 3.8) is 0 Å². The molecule has 0 N–H and O–H groups in total. The van der Waals surface area contributed by atoms with Gasteiger partial charge in [0.2, 0.25) is 5.82 Å². The molecule has 144 valence electrons. The van der Waals surface area contributed by atoms with E-state index in [1.165, 1.54) is 6.42 Å². The Morgan fingerprint density at radius 1 is 1.18 bits per heavy atom. The zero-order chi connectivity index (χ0) is 19.5. The Balaban J connectivity index is 1.67. The predicted molar refractivity (Wildman–Crippen MR) is 109 cm³/mol. The standard InChI is InChI=1S/C22H22ClN3O2/c1-2-17-7-5-6-14-26(17)22(27)19-9-4-3-8-18(19)21-24-20(25-28-21)15-10-12-16(23)13-11-15/h3-4,8-13,17H,2,5-7,14H2,1H3. The van der Waals surface area contributed by atoms with Crippen LogP contribution in [0.4, 0.5) is 0 Å². The summed E-state index contributed by atoms with van der Waals surface area (Å²) in [7, 11) is 0. The van der Waals surface area contributed by atoms with Gasteiger partial charge in [-0.05, 0) is 62.1 Å². The fraction of sp³-hybridized carbons (Fsp3) is 0.318. The van der Waals surface area contributed by atoms with Crippen LogP contribution in [0.2, 0.25) is 5.02 Å². The van der Waals surface area contributed by atoms with Crippen molar-refractivity contribution in [3.8, 4) is 22.8 Å². The molecule has 0 saturated carbocycles. The molecule has 2 aromatic carbocycles. The number of halogens is 1. The Bertz CT molecular complexity index is 968. The van der Waals surface area contributed by atoms with Crippen LogP contribution >= 0.6 is 11.6 Å². The summed E-state index contributed by atoms with van der Waals surface area (Å²) in [6.45, 7) is 2.93. The number of likely N-dealkylation sites (tertiary alicyclic amines) is 1. The normalized spacial score (nSPS) is 16.9. The van der Waals surface area contributed by atoms with E-state index in [0.29, 0.717) is 33.9 Å². The zero-order valence-corrected chi connectivity index (χ0v) is 16.5. The SMILES string of the molecule is CCC1CCCCN1C(=O)c1ccccc1-c1nc(-c2ccc(Cl)cc2)no1. The highest BCUT2D eigenvalue weighted by Crippen LogP contribution is 2.29. The van der Waals surface area contributed by atoms with Crippen molar-refractivity contribution in [1.82, 2.24) is 15.0 Å². The number of carbonyl (C=O) groups excluding carboxylic acids is 1. The molecule has 1 atom stereocenters. The first kappa shape index (κ1) is 18.7. The van der Waals surface area contributed by atoms with Crippen LogP contribution in [0.5, 0.6) is 0 Å². The van der Waals surface area contributed by atoms with E-state index in [9.17, 15) is 4.79 Å². The van der Waals surface area contributed by atoms with E-state index in [0.717, 1.165) is 31.4 Å². The van der Waals surface area contributed by atoms with Gasteiger partial charge in [-0.3, -0.25) is 4.79 Å². The van der Waals surface area contributed by atoms with E-state index in [1.807, 2.05) is 41.3 Å². The Morgan fingerprint density at radius 3 is 2.75 bits per heavy atom. The molecule has 1 amide bonds. The van der Waals surface area contributed by atoms with Gasteiger partial charge in [0.15, 0.2) is 0 Å². The first-order chi connectivity index (χ1) is 13.7. The van der Waals surface area contributed by atoms with Crippen molar-refractivity contribution >= 4 is 17.5 Å². The second-order valence-corrected chi connectivity index (χ2v) is 7.47. The molecule has 28 heavy (non-hydrogen) atoms. The van der Waals surface area contributed by atoms with Gasteiger partial charge in [0.1, 0.15) is 0 Å². The van der Waals surface area contributed by atoms with Gasteiger partial charge in [-0.15, -0.1) is 0 Å². The molecule has 1 fully saturated rings. The quantitative estimate of drug-likeness (QED) is 0.588. The van der Waals surface area contributed by atoms with Gasteiger partial charge in [-0.1, -0.05) is 35.8 Å². The maximum Gasteiger partial charge on any atom is 0.259 e. The summed E-state index contributed by atoms with van der Waals surface area (Å²) in [5, 5.41) is 4.73. The summed E-state index contributed by atoms with van der Waals surface area (Å²) in [6.07, 6.45) is 4.25. The van der Waals surface area contributed by atoms with Crippen molar-refractivity contribution in [3.05, 3.63) is 59.1 Å². The Hall–Kier alpha value is -2.66. The van der Waals surface area contributed by atoms with Crippen molar-refractivity contribution in [1.29, 1.82) is 0 Å². The van der Waals surface area contributed by atoms with E-state index in [4.69, 9.17) is 16.1 Å². The molecule has 4 rings (SSSR count). The maximum atomic E-state index is 13.3. The molecule has 0 spiro atoms. The molecule has 1 aromatic heterocycles. The molecule has 2 heterocycles. The summed E-state index contributed by atoms with van der Waals surface area (Å²) in [5.41, 5.74) is 2.08. The van der Waals surface area contributed by atoms with Gasteiger partial charge in [0.05, 0.1) is 11.1 Å². The third-order valence-electron chi connectivity index (χ3n) is 5.28. The molecule has 1 saturated heterocycles. The zero-order valence-electron chi connectivity index (χ0n) is 15.8. The summed E-state index contributed by atoms with van der Waals surface area (Å²) in [4.78, 5) is 19.8. The first-order valence-electron chi connectivity index (χ1n) is 9.67. The van der Waals surface area contributed by atoms with E-state index in [2.05, 4.69) is 17.1 Å². The number of hydrogen-bond donors (Lipinski definition) is 0. The number of carbonyl (C=O) groups is 1. The lowest BCUT2D eigenvalue weighted by Crippen LogP contribution is -2.43. The van der Waals surface area contributed by atoms with Gasteiger partial charge in [0, 0.05) is 23.2 Å². The number of hydrogen-bond acceptors (Lipinski definition) is 4. The third-order valence-corrected chi connectivity index (χ3v) is 5.53. The van der Waals surface area contributed by atoms with Gasteiger partial charge in [0.25, 0.3) is 11.8 Å². The number of nitrogens with zero attached hydrogens (tertiary/aromatic N) is 3. The van der Waals surface area contributed by atoms with E-state index < -0.39 is 0 Å². The second kappa shape index (κ2) is 8.15. The summed E-state index contributed by atoms with van der Waals surface area (Å²) >= 11 is 5.95. The third kappa shape index (κ3) is 3.67. The highest BCUT2D eigenvalue weighted by atomic mass is 35.5. The number of amides is 1. The molecule has 1 unspecified atom stereocenters. The van der Waals surface area contributed by atoms with Crippen LogP contribution in [0.15, 0.2) is 53.1 Å². The summed E-state index contributed by atoms with van der Waals surface area (Å²) < 4.78 is 5.50. The molecule has 3 aromatic rings. The number of rotatable bonds is 4. The van der Waals surface area contributed by atoms with E-state index >= 15 is 0 Å². The minimum atomic E-state index is 0.0355. The van der Waals surface area contributed by atoms with E-state index in [-0.39, 0.29) is 5.91 Å². The van der Waals surface area contributed by atoms with Gasteiger partial charge < -0.3 is 9.42 Å². The maximum absolute atomic E-state index is 13.3. The topological polar surface area (TPSA) is 59.2 Å². The Kier molecular flexibility index (Phi) is 5.44. The number of piperidine rings is 1. The van der Waals surface area contributed by atoms with Crippen molar-refractivity contribution in [2.75, 3.05) is 6.54 Å². The molecule has 0 bridgehead atoms. The number of benzene rings is 2. The predicted octanol–water partition coefficient (Wildman–Crippen LogP) is 5.46. The molecule has 0 radical (unpaired) electrons. The fourth-order valence-corrected chi connectivity index (χ4v) is 3.88. The van der Waals surface area contributed by atoms with Crippen LogP contribution in [0.1, 0.15) is 43.0 Å². The van der Waals surface area contributed by atoms with Crippen molar-refractivity contribution in [2.45, 2.75) is 38.6 Å². The molecular formula is C22H22ClN3O2. The summed E-state index contributed by atoms with van der Waals surface area (Å²) in [6, 6.07) is 15.0.